The van der Waals surface area contributed by atoms with Gasteiger partial charge in [0.05, 0.1) is 23.8 Å². The monoisotopic (exact) mass is 370 g/mol. The molecule has 0 unspecified atom stereocenters. The zero-order valence-corrected chi connectivity index (χ0v) is 15.0. The lowest BCUT2D eigenvalue weighted by Crippen LogP contribution is -2.31. The van der Waals surface area contributed by atoms with E-state index in [9.17, 15) is 14.4 Å². The molecule has 1 N–H and O–H groups in total. The van der Waals surface area contributed by atoms with Gasteiger partial charge in [0.2, 0.25) is 17.7 Å². The maximum atomic E-state index is 12.5. The molecule has 0 bridgehead atoms. The third-order valence-corrected chi connectivity index (χ3v) is 5.09. The zero-order chi connectivity index (χ0) is 18.5. The number of benzene rings is 2. The maximum Gasteiger partial charge on any atom is 0.247 e. The Bertz CT molecular complexity index is 825. The van der Waals surface area contributed by atoms with Crippen LogP contribution in [0.2, 0.25) is 0 Å². The lowest BCUT2D eigenvalue weighted by molar-refractivity contribution is -0.121. The number of para-hydroxylation sites is 1. The Hall–Kier alpha value is -2.80. The lowest BCUT2D eigenvalue weighted by atomic mass is 10.3. The Balaban J connectivity index is 1.57. The van der Waals surface area contributed by atoms with Crippen LogP contribution >= 0.6 is 11.8 Å². The number of methoxy groups -OCH3 is 1. The van der Waals surface area contributed by atoms with Gasteiger partial charge in [0, 0.05) is 18.2 Å². The number of carbonyl (C=O) groups excluding carboxylic acids is 3. The van der Waals surface area contributed by atoms with Crippen LogP contribution in [0.25, 0.3) is 0 Å². The zero-order valence-electron chi connectivity index (χ0n) is 14.2. The topological polar surface area (TPSA) is 75.7 Å². The summed E-state index contributed by atoms with van der Waals surface area (Å²) >= 11 is 1.18. The molecule has 3 rings (SSSR count). The normalized spacial score (nSPS) is 16.7. The van der Waals surface area contributed by atoms with Gasteiger partial charge in [0.1, 0.15) is 5.75 Å². The third kappa shape index (κ3) is 4.05. The molecule has 134 valence electrons. The predicted octanol–water partition coefficient (Wildman–Crippen LogP) is 2.70. The van der Waals surface area contributed by atoms with Crippen molar-refractivity contribution in [1.82, 2.24) is 0 Å². The molecule has 2 aromatic carbocycles. The summed E-state index contributed by atoms with van der Waals surface area (Å²) in [5.74, 6) is -0.0248. The second-order valence-electron chi connectivity index (χ2n) is 5.69. The van der Waals surface area contributed by atoms with Gasteiger partial charge in [-0.15, -0.1) is 11.8 Å². The van der Waals surface area contributed by atoms with E-state index in [1.165, 1.54) is 16.7 Å². The molecule has 1 aliphatic rings. The van der Waals surface area contributed by atoms with Crippen LogP contribution in [0.5, 0.6) is 5.75 Å². The summed E-state index contributed by atoms with van der Waals surface area (Å²) in [4.78, 5) is 38.0. The molecule has 1 atom stereocenters. The fourth-order valence-electron chi connectivity index (χ4n) is 2.66. The molecule has 0 saturated carbocycles. The highest BCUT2D eigenvalue weighted by molar-refractivity contribution is 8.01. The minimum Gasteiger partial charge on any atom is -0.497 e. The van der Waals surface area contributed by atoms with Crippen molar-refractivity contribution in [3.05, 3.63) is 54.6 Å². The smallest absolute Gasteiger partial charge is 0.247 e. The Kier molecular flexibility index (Phi) is 5.58. The number of carbonyl (C=O) groups is 3. The number of nitrogens with zero attached hydrogens (tertiary/aromatic N) is 1. The van der Waals surface area contributed by atoms with Crippen LogP contribution in [0.1, 0.15) is 6.42 Å². The molecule has 0 aliphatic carbocycles. The van der Waals surface area contributed by atoms with E-state index in [-0.39, 0.29) is 29.9 Å². The first-order chi connectivity index (χ1) is 12.6. The van der Waals surface area contributed by atoms with Crippen molar-refractivity contribution >= 4 is 40.9 Å². The number of rotatable bonds is 6. The Morgan fingerprint density at radius 1 is 1.19 bits per heavy atom. The number of nitrogens with one attached hydrogen (secondary N) is 1. The molecule has 1 heterocycles. The van der Waals surface area contributed by atoms with E-state index >= 15 is 0 Å². The van der Waals surface area contributed by atoms with Gasteiger partial charge in [-0.05, 0) is 24.3 Å². The Morgan fingerprint density at radius 3 is 2.69 bits per heavy atom. The molecule has 2 aromatic rings. The fraction of sp³-hybridized carbons (Fsp3) is 0.211. The van der Waals surface area contributed by atoms with E-state index in [1.807, 2.05) is 6.07 Å². The van der Waals surface area contributed by atoms with Crippen molar-refractivity contribution in [2.75, 3.05) is 23.1 Å². The highest BCUT2D eigenvalue weighted by Crippen LogP contribution is 2.29. The highest BCUT2D eigenvalue weighted by Gasteiger charge is 2.39. The number of imide groups is 1. The van der Waals surface area contributed by atoms with Crippen LogP contribution in [0.15, 0.2) is 54.6 Å². The minimum absolute atomic E-state index is 0.0868. The molecule has 6 nitrogen and oxygen atoms in total. The molecule has 26 heavy (non-hydrogen) atoms. The summed E-state index contributed by atoms with van der Waals surface area (Å²) in [5.41, 5.74) is 1.18. The van der Waals surface area contributed by atoms with Gasteiger partial charge in [0.25, 0.3) is 0 Å². The number of hydrogen-bond donors (Lipinski definition) is 1. The van der Waals surface area contributed by atoms with Gasteiger partial charge in [-0.2, -0.15) is 0 Å². The Morgan fingerprint density at radius 2 is 1.96 bits per heavy atom. The molecule has 1 aliphatic heterocycles. The summed E-state index contributed by atoms with van der Waals surface area (Å²) < 4.78 is 5.11. The first-order valence-electron chi connectivity index (χ1n) is 8.06. The van der Waals surface area contributed by atoms with Gasteiger partial charge >= 0.3 is 0 Å². The van der Waals surface area contributed by atoms with Crippen molar-refractivity contribution in [3.63, 3.8) is 0 Å². The molecule has 1 saturated heterocycles. The van der Waals surface area contributed by atoms with Gasteiger partial charge in [0.15, 0.2) is 0 Å². The van der Waals surface area contributed by atoms with Gasteiger partial charge in [-0.1, -0.05) is 24.3 Å². The SMILES string of the molecule is COc1cccc(NC(=O)CS[C@H]2CC(=O)N(c3ccccc3)C2=O)c1. The highest BCUT2D eigenvalue weighted by atomic mass is 32.2. The van der Waals surface area contributed by atoms with E-state index in [1.54, 1.807) is 55.6 Å². The fourth-order valence-corrected chi connectivity index (χ4v) is 3.59. The number of thioether (sulfide) groups is 1. The standard InChI is InChI=1S/C19H18N2O4S/c1-25-15-9-5-6-13(10-15)20-17(22)12-26-16-11-18(23)21(19(16)24)14-7-3-2-4-8-14/h2-10,16H,11-12H2,1H3,(H,20,22)/t16-/m0/s1. The molecule has 3 amide bonds. The summed E-state index contributed by atoms with van der Waals surface area (Å²) in [5, 5.41) is 2.22. The average Bonchev–Trinajstić information content (AvgIpc) is 2.94. The van der Waals surface area contributed by atoms with Gasteiger partial charge in [-0.3, -0.25) is 14.4 Å². The van der Waals surface area contributed by atoms with Gasteiger partial charge < -0.3 is 10.1 Å². The summed E-state index contributed by atoms with van der Waals surface area (Å²) in [7, 11) is 1.55. The largest absolute Gasteiger partial charge is 0.497 e. The molecule has 1 fully saturated rings. The van der Waals surface area contributed by atoms with Crippen LogP contribution < -0.4 is 15.0 Å². The first kappa shape index (κ1) is 18.0. The molecular weight excluding hydrogens is 352 g/mol. The quantitative estimate of drug-likeness (QED) is 0.792. The third-order valence-electron chi connectivity index (χ3n) is 3.89. The number of amides is 3. The van der Waals surface area contributed by atoms with E-state index in [4.69, 9.17) is 4.74 Å². The predicted molar refractivity (Wildman–Crippen MR) is 101 cm³/mol. The van der Waals surface area contributed by atoms with E-state index < -0.39 is 5.25 Å². The van der Waals surface area contributed by atoms with Crippen LogP contribution in [-0.2, 0) is 14.4 Å². The van der Waals surface area contributed by atoms with Crippen molar-refractivity contribution in [2.24, 2.45) is 0 Å². The second kappa shape index (κ2) is 8.05. The molecule has 7 heteroatoms. The van der Waals surface area contributed by atoms with E-state index in [0.717, 1.165) is 0 Å². The first-order valence-corrected chi connectivity index (χ1v) is 9.10. The summed E-state index contributed by atoms with van der Waals surface area (Å²) in [6.07, 6.45) is 0.102. The van der Waals surface area contributed by atoms with Crippen LogP contribution in [-0.4, -0.2) is 35.8 Å². The molecular formula is C19H18N2O4S. The summed E-state index contributed by atoms with van der Waals surface area (Å²) in [6, 6.07) is 15.8. The van der Waals surface area contributed by atoms with Crippen molar-refractivity contribution < 1.29 is 19.1 Å². The number of ether oxygens (including phenoxy) is 1. The number of hydrogen-bond acceptors (Lipinski definition) is 5. The minimum atomic E-state index is -0.543. The van der Waals surface area contributed by atoms with Crippen molar-refractivity contribution in [3.8, 4) is 5.75 Å². The van der Waals surface area contributed by atoms with Gasteiger partial charge in [-0.25, -0.2) is 4.90 Å². The number of anilines is 2. The van der Waals surface area contributed by atoms with Crippen LogP contribution in [0.3, 0.4) is 0 Å². The molecule has 0 radical (unpaired) electrons. The maximum absolute atomic E-state index is 12.5. The van der Waals surface area contributed by atoms with Crippen molar-refractivity contribution in [1.29, 1.82) is 0 Å². The average molecular weight is 370 g/mol. The van der Waals surface area contributed by atoms with E-state index in [0.29, 0.717) is 17.1 Å². The Labute approximate surface area is 155 Å². The molecule has 0 aromatic heterocycles. The summed E-state index contributed by atoms with van der Waals surface area (Å²) in [6.45, 7) is 0. The van der Waals surface area contributed by atoms with E-state index in [2.05, 4.69) is 5.32 Å². The van der Waals surface area contributed by atoms with Crippen LogP contribution in [0, 0.1) is 0 Å². The lowest BCUT2D eigenvalue weighted by Gasteiger charge is -2.14. The molecule has 0 spiro atoms. The second-order valence-corrected chi connectivity index (χ2v) is 6.88. The van der Waals surface area contributed by atoms with Crippen LogP contribution in [0.4, 0.5) is 11.4 Å². The van der Waals surface area contributed by atoms with Crippen molar-refractivity contribution in [2.45, 2.75) is 11.7 Å².